The maximum Gasteiger partial charge on any atom is 0.250 e. The van der Waals surface area contributed by atoms with Crippen molar-refractivity contribution in [3.8, 4) is 0 Å². The van der Waals surface area contributed by atoms with Crippen LogP contribution in [0, 0.1) is 5.82 Å². The summed E-state index contributed by atoms with van der Waals surface area (Å²) in [5, 5.41) is 0. The van der Waals surface area contributed by atoms with E-state index in [0.717, 1.165) is 28.8 Å². The van der Waals surface area contributed by atoms with E-state index in [1.165, 1.54) is 17.0 Å². The molecule has 2 aromatic carbocycles. The predicted molar refractivity (Wildman–Crippen MR) is 92.9 cm³/mol. The molecule has 1 amide bonds. The van der Waals surface area contributed by atoms with Gasteiger partial charge in [0.05, 0.1) is 0 Å². The number of benzene rings is 2. The summed E-state index contributed by atoms with van der Waals surface area (Å²) in [6, 6.07) is 14.5. The SMILES string of the molecule is CSc1ccc(C(=C2CCN(C)C2=O)c2ccc(F)cc2)cc1. The summed E-state index contributed by atoms with van der Waals surface area (Å²) < 4.78 is 13.3. The van der Waals surface area contributed by atoms with Crippen molar-refractivity contribution in [2.45, 2.75) is 11.3 Å². The molecule has 0 unspecified atom stereocenters. The van der Waals surface area contributed by atoms with E-state index in [0.29, 0.717) is 6.42 Å². The third-order valence-electron chi connectivity index (χ3n) is 4.12. The number of halogens is 1. The van der Waals surface area contributed by atoms with Crippen molar-refractivity contribution in [2.75, 3.05) is 19.8 Å². The number of carbonyl (C=O) groups is 1. The minimum absolute atomic E-state index is 0.0540. The average molecular weight is 327 g/mol. The molecule has 0 bridgehead atoms. The molecule has 0 spiro atoms. The van der Waals surface area contributed by atoms with Crippen LogP contribution in [0.2, 0.25) is 0 Å². The molecule has 1 fully saturated rings. The first kappa shape index (κ1) is 15.8. The van der Waals surface area contributed by atoms with Crippen LogP contribution in [0.4, 0.5) is 4.39 Å². The molecule has 0 atom stereocenters. The molecule has 0 aliphatic carbocycles. The summed E-state index contributed by atoms with van der Waals surface area (Å²) in [4.78, 5) is 15.4. The summed E-state index contributed by atoms with van der Waals surface area (Å²) in [5.41, 5.74) is 3.58. The first-order valence-corrected chi connectivity index (χ1v) is 8.71. The van der Waals surface area contributed by atoms with Crippen LogP contribution >= 0.6 is 11.8 Å². The highest BCUT2D eigenvalue weighted by Gasteiger charge is 2.27. The number of amides is 1. The van der Waals surface area contributed by atoms with Gasteiger partial charge in [-0.1, -0.05) is 24.3 Å². The highest BCUT2D eigenvalue weighted by atomic mass is 32.2. The van der Waals surface area contributed by atoms with E-state index in [4.69, 9.17) is 0 Å². The van der Waals surface area contributed by atoms with Crippen LogP contribution in [0.1, 0.15) is 17.5 Å². The molecule has 1 aliphatic heterocycles. The molecule has 1 heterocycles. The van der Waals surface area contributed by atoms with Gasteiger partial charge >= 0.3 is 0 Å². The van der Waals surface area contributed by atoms with Crippen LogP contribution in [-0.2, 0) is 4.79 Å². The molecule has 0 saturated carbocycles. The monoisotopic (exact) mass is 327 g/mol. The summed E-state index contributed by atoms with van der Waals surface area (Å²) in [6.45, 7) is 0.724. The highest BCUT2D eigenvalue weighted by Crippen LogP contribution is 2.33. The maximum atomic E-state index is 13.3. The van der Waals surface area contributed by atoms with E-state index < -0.39 is 0 Å². The Balaban J connectivity index is 2.15. The van der Waals surface area contributed by atoms with Gasteiger partial charge in [-0.25, -0.2) is 4.39 Å². The van der Waals surface area contributed by atoms with Gasteiger partial charge in [0.25, 0.3) is 0 Å². The van der Waals surface area contributed by atoms with Crippen molar-refractivity contribution in [2.24, 2.45) is 0 Å². The number of hydrogen-bond acceptors (Lipinski definition) is 2. The van der Waals surface area contributed by atoms with E-state index in [9.17, 15) is 9.18 Å². The molecule has 1 saturated heterocycles. The van der Waals surface area contributed by atoms with Gasteiger partial charge in [-0.3, -0.25) is 4.79 Å². The van der Waals surface area contributed by atoms with Crippen LogP contribution in [0.25, 0.3) is 5.57 Å². The summed E-state index contributed by atoms with van der Waals surface area (Å²) >= 11 is 1.68. The molecule has 2 nitrogen and oxygen atoms in total. The van der Waals surface area contributed by atoms with Gasteiger partial charge in [0.1, 0.15) is 5.82 Å². The summed E-state index contributed by atoms with van der Waals surface area (Å²) in [6.07, 6.45) is 2.75. The predicted octanol–water partition coefficient (Wildman–Crippen LogP) is 4.21. The molecule has 118 valence electrons. The molecular weight excluding hydrogens is 309 g/mol. The fourth-order valence-corrected chi connectivity index (χ4v) is 3.25. The largest absolute Gasteiger partial charge is 0.342 e. The van der Waals surface area contributed by atoms with Crippen molar-refractivity contribution < 1.29 is 9.18 Å². The van der Waals surface area contributed by atoms with Crippen molar-refractivity contribution >= 4 is 23.2 Å². The van der Waals surface area contributed by atoms with Gasteiger partial charge in [0, 0.05) is 24.1 Å². The fourth-order valence-electron chi connectivity index (χ4n) is 2.84. The fraction of sp³-hybridized carbons (Fsp3) is 0.211. The highest BCUT2D eigenvalue weighted by molar-refractivity contribution is 7.98. The number of rotatable bonds is 3. The quantitative estimate of drug-likeness (QED) is 0.622. The zero-order valence-electron chi connectivity index (χ0n) is 13.2. The molecule has 0 aromatic heterocycles. The number of hydrogen-bond donors (Lipinski definition) is 0. The van der Waals surface area contributed by atoms with Gasteiger partial charge < -0.3 is 4.90 Å². The molecule has 3 rings (SSSR count). The molecule has 0 N–H and O–H groups in total. The van der Waals surface area contributed by atoms with Crippen molar-refractivity contribution in [1.29, 1.82) is 0 Å². The van der Waals surface area contributed by atoms with E-state index in [2.05, 4.69) is 0 Å². The Hall–Kier alpha value is -2.07. The van der Waals surface area contributed by atoms with E-state index in [1.54, 1.807) is 28.8 Å². The van der Waals surface area contributed by atoms with Crippen molar-refractivity contribution in [3.63, 3.8) is 0 Å². The molecule has 0 radical (unpaired) electrons. The number of likely N-dealkylation sites (N-methyl/N-ethyl adjacent to an activating group) is 1. The van der Waals surface area contributed by atoms with Crippen molar-refractivity contribution in [1.82, 2.24) is 4.90 Å². The molecule has 1 aliphatic rings. The average Bonchev–Trinajstić information content (AvgIpc) is 2.90. The van der Waals surface area contributed by atoms with Gasteiger partial charge in [0.15, 0.2) is 0 Å². The molecule has 2 aromatic rings. The van der Waals surface area contributed by atoms with Crippen LogP contribution in [0.3, 0.4) is 0 Å². The van der Waals surface area contributed by atoms with Gasteiger partial charge in [0.2, 0.25) is 5.91 Å². The number of carbonyl (C=O) groups excluding carboxylic acids is 1. The number of nitrogens with zero attached hydrogens (tertiary/aromatic N) is 1. The number of thioether (sulfide) groups is 1. The van der Waals surface area contributed by atoms with E-state index >= 15 is 0 Å². The minimum atomic E-state index is -0.273. The Labute approximate surface area is 140 Å². The lowest BCUT2D eigenvalue weighted by molar-refractivity contribution is -0.123. The lowest BCUT2D eigenvalue weighted by atomic mass is 9.92. The normalized spacial score (nSPS) is 16.8. The second kappa shape index (κ2) is 6.59. The molecule has 4 heteroatoms. The second-order valence-electron chi connectivity index (χ2n) is 5.57. The Morgan fingerprint density at radius 3 is 2.09 bits per heavy atom. The maximum absolute atomic E-state index is 13.3. The zero-order valence-corrected chi connectivity index (χ0v) is 14.0. The Kier molecular flexibility index (Phi) is 4.53. The number of likely N-dealkylation sites (tertiary alicyclic amines) is 1. The van der Waals surface area contributed by atoms with Crippen LogP contribution in [0.15, 0.2) is 59.0 Å². The van der Waals surface area contributed by atoms with Crippen LogP contribution in [-0.4, -0.2) is 30.7 Å². The Morgan fingerprint density at radius 2 is 1.61 bits per heavy atom. The first-order valence-electron chi connectivity index (χ1n) is 7.49. The Morgan fingerprint density at radius 1 is 1.04 bits per heavy atom. The van der Waals surface area contributed by atoms with Crippen LogP contribution in [0.5, 0.6) is 0 Å². The minimum Gasteiger partial charge on any atom is -0.342 e. The second-order valence-corrected chi connectivity index (χ2v) is 6.45. The van der Waals surface area contributed by atoms with Gasteiger partial charge in [-0.05, 0) is 53.6 Å². The van der Waals surface area contributed by atoms with Crippen LogP contribution < -0.4 is 0 Å². The van der Waals surface area contributed by atoms with Gasteiger partial charge in [-0.15, -0.1) is 11.8 Å². The molecule has 23 heavy (non-hydrogen) atoms. The van der Waals surface area contributed by atoms with E-state index in [-0.39, 0.29) is 11.7 Å². The zero-order chi connectivity index (χ0) is 16.4. The van der Waals surface area contributed by atoms with Gasteiger partial charge in [-0.2, -0.15) is 0 Å². The lowest BCUT2D eigenvalue weighted by Gasteiger charge is -2.13. The van der Waals surface area contributed by atoms with E-state index in [1.807, 2.05) is 37.6 Å². The standard InChI is InChI=1S/C19H18FNOS/c1-21-12-11-17(19(21)22)18(13-3-7-15(20)8-4-13)14-5-9-16(23-2)10-6-14/h3-10H,11-12H2,1-2H3. The van der Waals surface area contributed by atoms with Crippen molar-refractivity contribution in [3.05, 3.63) is 71.0 Å². The first-order chi connectivity index (χ1) is 11.1. The third kappa shape index (κ3) is 3.17. The summed E-state index contributed by atoms with van der Waals surface area (Å²) in [7, 11) is 1.81. The lowest BCUT2D eigenvalue weighted by Crippen LogP contribution is -2.19. The smallest absolute Gasteiger partial charge is 0.250 e. The topological polar surface area (TPSA) is 20.3 Å². The molecular formula is C19H18FNOS. The Bertz CT molecular complexity index is 750. The third-order valence-corrected chi connectivity index (χ3v) is 4.86. The summed E-state index contributed by atoms with van der Waals surface area (Å²) in [5.74, 6) is -0.219.